The van der Waals surface area contributed by atoms with Gasteiger partial charge in [-0.25, -0.2) is 0 Å². The Labute approximate surface area is 164 Å². The number of nitrogens with two attached hydrogens (primary N) is 1. The molecule has 144 valence electrons. The lowest BCUT2D eigenvalue weighted by Crippen LogP contribution is -2.30. The molecule has 8 heteroatoms. The normalized spacial score (nSPS) is 14.0. The molecule has 1 aliphatic rings. The van der Waals surface area contributed by atoms with Gasteiger partial charge in [-0.15, -0.1) is 11.3 Å². The van der Waals surface area contributed by atoms with Crippen molar-refractivity contribution in [3.05, 3.63) is 62.3 Å². The average Bonchev–Trinajstić information content (AvgIpc) is 3.04. The highest BCUT2D eigenvalue weighted by Gasteiger charge is 2.27. The minimum Gasteiger partial charge on any atom is -0.451 e. The van der Waals surface area contributed by atoms with Gasteiger partial charge < -0.3 is 15.5 Å². The van der Waals surface area contributed by atoms with Crippen LogP contribution in [0.25, 0.3) is 11.0 Å². The second kappa shape index (κ2) is 7.21. The molecule has 0 atom stereocenters. The molecule has 0 spiro atoms. The number of nitrogens with one attached hydrogen (secondary N) is 1. The van der Waals surface area contributed by atoms with Gasteiger partial charge in [0.25, 0.3) is 11.8 Å². The lowest BCUT2D eigenvalue weighted by molar-refractivity contribution is 0.0997. The van der Waals surface area contributed by atoms with Gasteiger partial charge in [0.15, 0.2) is 11.2 Å². The molecule has 4 rings (SSSR count). The van der Waals surface area contributed by atoms with Crippen LogP contribution in [-0.4, -0.2) is 29.8 Å². The number of amides is 2. The minimum atomic E-state index is -0.587. The molecule has 3 heterocycles. The first-order chi connectivity index (χ1) is 13.5. The van der Waals surface area contributed by atoms with Crippen molar-refractivity contribution in [3.8, 4) is 0 Å². The Balaban J connectivity index is 1.69. The zero-order valence-electron chi connectivity index (χ0n) is 15.3. The minimum absolute atomic E-state index is 0.110. The third-order valence-electron chi connectivity index (χ3n) is 4.92. The van der Waals surface area contributed by atoms with Crippen molar-refractivity contribution in [3.63, 3.8) is 0 Å². The molecule has 0 bridgehead atoms. The van der Waals surface area contributed by atoms with Gasteiger partial charge in [-0.1, -0.05) is 19.1 Å². The Morgan fingerprint density at radius 1 is 1.32 bits per heavy atom. The fourth-order valence-corrected chi connectivity index (χ4v) is 4.75. The lowest BCUT2D eigenvalue weighted by Gasteiger charge is -2.25. The molecular formula is C20H19N3O4S. The summed E-state index contributed by atoms with van der Waals surface area (Å²) < 4.78 is 5.58. The quantitative estimate of drug-likeness (QED) is 0.704. The Bertz CT molecular complexity index is 1150. The Kier molecular flexibility index (Phi) is 4.74. The lowest BCUT2D eigenvalue weighted by atomic mass is 10.0. The first kappa shape index (κ1) is 18.4. The molecule has 1 aliphatic heterocycles. The van der Waals surface area contributed by atoms with E-state index in [2.05, 4.69) is 17.1 Å². The summed E-state index contributed by atoms with van der Waals surface area (Å²) in [5, 5.41) is 3.52. The maximum Gasteiger partial charge on any atom is 0.292 e. The van der Waals surface area contributed by atoms with Crippen molar-refractivity contribution in [1.29, 1.82) is 0 Å². The van der Waals surface area contributed by atoms with Gasteiger partial charge >= 0.3 is 0 Å². The molecule has 0 fully saturated rings. The van der Waals surface area contributed by atoms with Crippen molar-refractivity contribution in [2.75, 3.05) is 18.4 Å². The molecule has 7 nitrogen and oxygen atoms in total. The summed E-state index contributed by atoms with van der Waals surface area (Å²) in [4.78, 5) is 40.3. The largest absolute Gasteiger partial charge is 0.451 e. The number of hydrogen-bond acceptors (Lipinski definition) is 6. The molecule has 0 aliphatic carbocycles. The number of para-hydroxylation sites is 1. The van der Waals surface area contributed by atoms with Crippen molar-refractivity contribution in [2.45, 2.75) is 19.9 Å². The van der Waals surface area contributed by atoms with Crippen LogP contribution in [-0.2, 0) is 13.0 Å². The summed E-state index contributed by atoms with van der Waals surface area (Å²) in [6.07, 6.45) is 0.707. The number of likely N-dealkylation sites (N-methyl/N-ethyl adjacent to an activating group) is 1. The van der Waals surface area contributed by atoms with E-state index in [1.54, 1.807) is 24.3 Å². The number of rotatable bonds is 4. The van der Waals surface area contributed by atoms with Crippen molar-refractivity contribution < 1.29 is 14.0 Å². The van der Waals surface area contributed by atoms with E-state index in [0.717, 1.165) is 36.1 Å². The highest BCUT2D eigenvalue weighted by molar-refractivity contribution is 7.17. The Morgan fingerprint density at radius 3 is 2.86 bits per heavy atom. The van der Waals surface area contributed by atoms with Crippen LogP contribution in [0.3, 0.4) is 0 Å². The van der Waals surface area contributed by atoms with Crippen LogP contribution in [0.15, 0.2) is 39.5 Å². The monoisotopic (exact) mass is 397 g/mol. The third kappa shape index (κ3) is 3.21. The van der Waals surface area contributed by atoms with Crippen LogP contribution in [0.2, 0.25) is 0 Å². The van der Waals surface area contributed by atoms with Crippen LogP contribution in [0, 0.1) is 0 Å². The topological polar surface area (TPSA) is 106 Å². The van der Waals surface area contributed by atoms with Gasteiger partial charge in [0, 0.05) is 24.0 Å². The standard InChI is InChI=1S/C20H19N3O4S/c1-2-23-8-7-12-16(10-23)28-20(17(12)18(21)25)22-19(26)15-9-13(24)11-5-3-4-6-14(11)27-15/h3-6,9H,2,7-8,10H2,1H3,(H2,21,25)(H,22,26). The molecule has 0 radical (unpaired) electrons. The first-order valence-electron chi connectivity index (χ1n) is 8.99. The number of carbonyl (C=O) groups excluding carboxylic acids is 2. The van der Waals surface area contributed by atoms with E-state index >= 15 is 0 Å². The number of hydrogen-bond donors (Lipinski definition) is 2. The number of benzene rings is 1. The van der Waals surface area contributed by atoms with Crippen LogP contribution >= 0.6 is 11.3 Å². The van der Waals surface area contributed by atoms with Crippen molar-refractivity contribution in [2.24, 2.45) is 5.73 Å². The molecule has 2 aromatic heterocycles. The van der Waals surface area contributed by atoms with E-state index in [4.69, 9.17) is 10.2 Å². The van der Waals surface area contributed by atoms with Crippen LogP contribution in [0.4, 0.5) is 5.00 Å². The summed E-state index contributed by atoms with van der Waals surface area (Å²) in [5.74, 6) is -1.27. The molecule has 0 unspecified atom stereocenters. The smallest absolute Gasteiger partial charge is 0.292 e. The van der Waals surface area contributed by atoms with Crippen LogP contribution < -0.4 is 16.5 Å². The van der Waals surface area contributed by atoms with Gasteiger partial charge in [-0.05, 0) is 30.7 Å². The second-order valence-corrected chi connectivity index (χ2v) is 7.72. The van der Waals surface area contributed by atoms with Crippen molar-refractivity contribution >= 4 is 39.1 Å². The summed E-state index contributed by atoms with van der Waals surface area (Å²) in [5.41, 5.74) is 6.88. The highest BCUT2D eigenvalue weighted by atomic mass is 32.1. The SMILES string of the molecule is CCN1CCc2c(sc(NC(=O)c3cc(=O)c4ccccc4o3)c2C(N)=O)C1. The fourth-order valence-electron chi connectivity index (χ4n) is 3.46. The maximum atomic E-state index is 12.7. The first-order valence-corrected chi connectivity index (χ1v) is 9.80. The predicted octanol–water partition coefficient (Wildman–Crippen LogP) is 2.58. The number of fused-ring (bicyclic) bond motifs is 2. The summed E-state index contributed by atoms with van der Waals surface area (Å²) >= 11 is 1.35. The number of nitrogens with zero attached hydrogens (tertiary/aromatic N) is 1. The van der Waals surface area contributed by atoms with Crippen LogP contribution in [0.5, 0.6) is 0 Å². The highest BCUT2D eigenvalue weighted by Crippen LogP contribution is 2.37. The molecule has 0 saturated carbocycles. The van der Waals surface area contributed by atoms with E-state index < -0.39 is 11.8 Å². The third-order valence-corrected chi connectivity index (χ3v) is 6.05. The van der Waals surface area contributed by atoms with E-state index in [1.807, 2.05) is 0 Å². The Morgan fingerprint density at radius 2 is 2.11 bits per heavy atom. The van der Waals surface area contributed by atoms with Gasteiger partial charge in [0.1, 0.15) is 10.6 Å². The van der Waals surface area contributed by atoms with E-state index in [9.17, 15) is 14.4 Å². The summed E-state index contributed by atoms with van der Waals surface area (Å²) in [6.45, 7) is 4.55. The fraction of sp³-hybridized carbons (Fsp3) is 0.250. The molecule has 3 aromatic rings. The number of carbonyl (C=O) groups is 2. The van der Waals surface area contributed by atoms with Gasteiger partial charge in [0.2, 0.25) is 0 Å². The molecule has 3 N–H and O–H groups in total. The molecule has 28 heavy (non-hydrogen) atoms. The second-order valence-electron chi connectivity index (χ2n) is 6.62. The van der Waals surface area contributed by atoms with Gasteiger partial charge in [-0.2, -0.15) is 0 Å². The van der Waals surface area contributed by atoms with E-state index in [1.165, 1.54) is 11.3 Å². The van der Waals surface area contributed by atoms with Gasteiger partial charge in [0.05, 0.1) is 10.9 Å². The predicted molar refractivity (Wildman–Crippen MR) is 108 cm³/mol. The molecule has 0 saturated heterocycles. The zero-order valence-corrected chi connectivity index (χ0v) is 16.1. The van der Waals surface area contributed by atoms with E-state index in [-0.39, 0.29) is 11.2 Å². The molecule has 2 amide bonds. The van der Waals surface area contributed by atoms with Crippen molar-refractivity contribution in [1.82, 2.24) is 4.90 Å². The van der Waals surface area contributed by atoms with E-state index in [0.29, 0.717) is 28.0 Å². The number of primary amides is 1. The molecular weight excluding hydrogens is 378 g/mol. The van der Waals surface area contributed by atoms with Crippen LogP contribution in [0.1, 0.15) is 38.3 Å². The summed E-state index contributed by atoms with van der Waals surface area (Å²) in [6, 6.07) is 7.89. The van der Waals surface area contributed by atoms with Gasteiger partial charge in [-0.3, -0.25) is 19.3 Å². The Hall–Kier alpha value is -2.97. The number of anilines is 1. The zero-order chi connectivity index (χ0) is 19.8. The maximum absolute atomic E-state index is 12.7. The summed E-state index contributed by atoms with van der Waals surface area (Å²) in [7, 11) is 0. The average molecular weight is 397 g/mol. The number of thiophene rings is 1. The molecule has 1 aromatic carbocycles.